The molecule has 1 unspecified atom stereocenters. The summed E-state index contributed by atoms with van der Waals surface area (Å²) < 4.78 is 2.03. The second kappa shape index (κ2) is 7.14. The second-order valence-corrected chi connectivity index (χ2v) is 7.06. The molecule has 0 fully saturated rings. The van der Waals surface area contributed by atoms with Crippen molar-refractivity contribution in [2.45, 2.75) is 58.5 Å². The maximum absolute atomic E-state index is 13.2. The summed E-state index contributed by atoms with van der Waals surface area (Å²) >= 11 is 0. The number of hydrogen-bond acceptors (Lipinski definition) is 4. The molecule has 0 saturated carbocycles. The van der Waals surface area contributed by atoms with Gasteiger partial charge in [-0.3, -0.25) is 14.3 Å². The quantitative estimate of drug-likeness (QED) is 0.831. The van der Waals surface area contributed by atoms with Crippen LogP contribution in [-0.2, 0) is 19.4 Å². The van der Waals surface area contributed by atoms with E-state index >= 15 is 0 Å². The Balaban J connectivity index is 1.95. The SMILES string of the molecule is CCCN1CCc2nc3n(c(=O)c2C1)C(CN(C)CC)CCC3. The van der Waals surface area contributed by atoms with Crippen LogP contribution in [0.4, 0.5) is 0 Å². The highest BCUT2D eigenvalue weighted by molar-refractivity contribution is 5.23. The highest BCUT2D eigenvalue weighted by Crippen LogP contribution is 2.25. The predicted octanol–water partition coefficient (Wildman–Crippen LogP) is 1.84. The monoisotopic (exact) mass is 318 g/mol. The average Bonchev–Trinajstić information content (AvgIpc) is 2.56. The lowest BCUT2D eigenvalue weighted by Gasteiger charge is -2.33. The Morgan fingerprint density at radius 3 is 2.87 bits per heavy atom. The van der Waals surface area contributed by atoms with E-state index in [4.69, 9.17) is 4.98 Å². The lowest BCUT2D eigenvalue weighted by Crippen LogP contribution is -2.43. The van der Waals surface area contributed by atoms with Gasteiger partial charge in [0.1, 0.15) is 5.82 Å². The molecule has 5 nitrogen and oxygen atoms in total. The van der Waals surface area contributed by atoms with Crippen LogP contribution in [-0.4, -0.2) is 52.6 Å². The normalized spacial score (nSPS) is 21.3. The van der Waals surface area contributed by atoms with E-state index in [1.807, 2.05) is 4.57 Å². The highest BCUT2D eigenvalue weighted by atomic mass is 16.1. The number of fused-ring (bicyclic) bond motifs is 2. The molecule has 3 heterocycles. The lowest BCUT2D eigenvalue weighted by atomic mass is 10.0. The van der Waals surface area contributed by atoms with Crippen LogP contribution in [0.1, 0.15) is 56.2 Å². The summed E-state index contributed by atoms with van der Waals surface area (Å²) in [6.07, 6.45) is 5.26. The first-order chi connectivity index (χ1) is 11.1. The van der Waals surface area contributed by atoms with Crippen molar-refractivity contribution in [1.82, 2.24) is 19.4 Å². The molecule has 0 spiro atoms. The Hall–Kier alpha value is -1.20. The molecule has 5 heteroatoms. The van der Waals surface area contributed by atoms with E-state index in [2.05, 4.69) is 30.7 Å². The predicted molar refractivity (Wildman–Crippen MR) is 92.9 cm³/mol. The fraction of sp³-hybridized carbons (Fsp3) is 0.778. The van der Waals surface area contributed by atoms with Gasteiger partial charge in [-0.15, -0.1) is 0 Å². The van der Waals surface area contributed by atoms with Crippen LogP contribution in [0.25, 0.3) is 0 Å². The first kappa shape index (κ1) is 16.7. The molecule has 0 radical (unpaired) electrons. The minimum atomic E-state index is 0.236. The molecule has 0 bridgehead atoms. The molecule has 1 atom stereocenters. The van der Waals surface area contributed by atoms with E-state index in [-0.39, 0.29) is 11.6 Å². The largest absolute Gasteiger partial charge is 0.305 e. The summed E-state index contributed by atoms with van der Waals surface area (Å²) in [6.45, 7) is 9.23. The van der Waals surface area contributed by atoms with Gasteiger partial charge in [0.25, 0.3) is 5.56 Å². The van der Waals surface area contributed by atoms with Gasteiger partial charge < -0.3 is 4.90 Å². The first-order valence-electron chi connectivity index (χ1n) is 9.18. The van der Waals surface area contributed by atoms with Gasteiger partial charge in [0.05, 0.1) is 17.3 Å². The standard InChI is InChI=1S/C18H30N4O/c1-4-10-21-11-9-16-15(13-21)18(23)22-14(12-20(3)5-2)7-6-8-17(22)19-16/h14H,4-13H2,1-3H3. The molecule has 0 saturated heterocycles. The van der Waals surface area contributed by atoms with Gasteiger partial charge >= 0.3 is 0 Å². The van der Waals surface area contributed by atoms with E-state index in [1.165, 1.54) is 0 Å². The van der Waals surface area contributed by atoms with Crippen LogP contribution in [0.2, 0.25) is 0 Å². The number of nitrogens with zero attached hydrogens (tertiary/aromatic N) is 4. The molecular weight excluding hydrogens is 288 g/mol. The van der Waals surface area contributed by atoms with Gasteiger partial charge in [0.2, 0.25) is 0 Å². The molecular formula is C18H30N4O. The van der Waals surface area contributed by atoms with Crippen molar-refractivity contribution in [3.8, 4) is 0 Å². The summed E-state index contributed by atoms with van der Waals surface area (Å²) in [5.41, 5.74) is 2.26. The van der Waals surface area contributed by atoms with Crippen LogP contribution in [0.15, 0.2) is 4.79 Å². The molecule has 0 amide bonds. The van der Waals surface area contributed by atoms with Crippen molar-refractivity contribution in [3.05, 3.63) is 27.4 Å². The second-order valence-electron chi connectivity index (χ2n) is 7.06. The lowest BCUT2D eigenvalue weighted by molar-refractivity contribution is 0.234. The van der Waals surface area contributed by atoms with Gasteiger partial charge in [-0.2, -0.15) is 0 Å². The molecule has 1 aromatic heterocycles. The average molecular weight is 318 g/mol. The number of hydrogen-bond donors (Lipinski definition) is 0. The summed E-state index contributed by atoms with van der Waals surface area (Å²) in [6, 6.07) is 0.288. The molecule has 2 aliphatic rings. The fourth-order valence-corrected chi connectivity index (χ4v) is 3.94. The summed E-state index contributed by atoms with van der Waals surface area (Å²) in [4.78, 5) is 22.8. The van der Waals surface area contributed by atoms with Crippen molar-refractivity contribution in [1.29, 1.82) is 0 Å². The summed E-state index contributed by atoms with van der Waals surface area (Å²) in [5.74, 6) is 1.03. The van der Waals surface area contributed by atoms with E-state index < -0.39 is 0 Å². The molecule has 128 valence electrons. The summed E-state index contributed by atoms with van der Waals surface area (Å²) in [7, 11) is 2.13. The Morgan fingerprint density at radius 2 is 2.13 bits per heavy atom. The van der Waals surface area contributed by atoms with E-state index in [0.717, 1.165) is 81.9 Å². The third-order valence-corrected chi connectivity index (χ3v) is 5.32. The Kier molecular flexibility index (Phi) is 5.17. The van der Waals surface area contributed by atoms with Crippen molar-refractivity contribution in [2.24, 2.45) is 0 Å². The molecule has 0 N–H and O–H groups in total. The fourth-order valence-electron chi connectivity index (χ4n) is 3.94. The molecule has 0 aliphatic carbocycles. The maximum Gasteiger partial charge on any atom is 0.258 e. The zero-order valence-corrected chi connectivity index (χ0v) is 14.8. The maximum atomic E-state index is 13.2. The van der Waals surface area contributed by atoms with Gasteiger partial charge in [-0.25, -0.2) is 4.98 Å². The van der Waals surface area contributed by atoms with Crippen molar-refractivity contribution >= 4 is 0 Å². The van der Waals surface area contributed by atoms with Gasteiger partial charge in [-0.1, -0.05) is 13.8 Å². The van der Waals surface area contributed by atoms with E-state index in [0.29, 0.717) is 0 Å². The van der Waals surface area contributed by atoms with Crippen LogP contribution in [0.3, 0.4) is 0 Å². The zero-order chi connectivity index (χ0) is 16.4. The van der Waals surface area contributed by atoms with Crippen molar-refractivity contribution in [2.75, 3.05) is 33.2 Å². The zero-order valence-electron chi connectivity index (χ0n) is 14.8. The smallest absolute Gasteiger partial charge is 0.258 e. The van der Waals surface area contributed by atoms with Crippen LogP contribution in [0, 0.1) is 0 Å². The topological polar surface area (TPSA) is 41.4 Å². The minimum absolute atomic E-state index is 0.236. The molecule has 3 rings (SSSR count). The number of aromatic nitrogens is 2. The van der Waals surface area contributed by atoms with Crippen molar-refractivity contribution in [3.63, 3.8) is 0 Å². The number of likely N-dealkylation sites (N-methyl/N-ethyl adjacent to an activating group) is 1. The van der Waals surface area contributed by atoms with E-state index in [9.17, 15) is 4.79 Å². The van der Waals surface area contributed by atoms with Crippen LogP contribution < -0.4 is 5.56 Å². The minimum Gasteiger partial charge on any atom is -0.305 e. The molecule has 2 aliphatic heterocycles. The third-order valence-electron chi connectivity index (χ3n) is 5.32. The first-order valence-corrected chi connectivity index (χ1v) is 9.18. The Morgan fingerprint density at radius 1 is 1.30 bits per heavy atom. The Labute approximate surface area is 139 Å². The van der Waals surface area contributed by atoms with Crippen molar-refractivity contribution < 1.29 is 0 Å². The summed E-state index contributed by atoms with van der Waals surface area (Å²) in [5, 5.41) is 0. The molecule has 1 aromatic rings. The highest BCUT2D eigenvalue weighted by Gasteiger charge is 2.28. The van der Waals surface area contributed by atoms with Crippen LogP contribution in [0.5, 0.6) is 0 Å². The third kappa shape index (κ3) is 3.36. The number of aryl methyl sites for hydroxylation is 1. The molecule has 0 aromatic carbocycles. The van der Waals surface area contributed by atoms with Gasteiger partial charge in [0, 0.05) is 32.5 Å². The molecule has 23 heavy (non-hydrogen) atoms. The van der Waals surface area contributed by atoms with Crippen LogP contribution >= 0.6 is 0 Å². The van der Waals surface area contributed by atoms with Gasteiger partial charge in [-0.05, 0) is 39.4 Å². The Bertz CT molecular complexity index is 610. The van der Waals surface area contributed by atoms with Gasteiger partial charge in [0.15, 0.2) is 0 Å². The number of rotatable bonds is 5. The van der Waals surface area contributed by atoms with E-state index in [1.54, 1.807) is 0 Å².